The Morgan fingerprint density at radius 1 is 1.20 bits per heavy atom. The number of aromatic nitrogens is 1. The molecule has 1 aromatic heterocycles. The van der Waals surface area contributed by atoms with Gasteiger partial charge in [0.05, 0.1) is 13.2 Å². The molecule has 1 amide bonds. The molecule has 0 aliphatic carbocycles. The number of benzene rings is 1. The number of hydrogen-bond donors (Lipinski definition) is 3. The van der Waals surface area contributed by atoms with Crippen LogP contribution in [0.15, 0.2) is 47.5 Å². The lowest BCUT2D eigenvalue weighted by Crippen LogP contribution is -2.24. The summed E-state index contributed by atoms with van der Waals surface area (Å²) < 4.78 is 5.15. The molecular weight excluding hydrogens is 318 g/mol. The van der Waals surface area contributed by atoms with Crippen LogP contribution in [0, 0.1) is 6.92 Å². The number of hydrogen-bond acceptors (Lipinski definition) is 4. The van der Waals surface area contributed by atoms with Gasteiger partial charge in [-0.25, -0.2) is 4.98 Å². The van der Waals surface area contributed by atoms with Crippen molar-refractivity contribution < 1.29 is 9.53 Å². The second kappa shape index (κ2) is 9.39. The zero-order valence-electron chi connectivity index (χ0n) is 14.5. The number of nitrogens with zero attached hydrogens (tertiary/aromatic N) is 2. The van der Waals surface area contributed by atoms with Crippen LogP contribution < -0.4 is 16.4 Å². The Morgan fingerprint density at radius 3 is 2.76 bits per heavy atom. The van der Waals surface area contributed by atoms with Gasteiger partial charge in [-0.3, -0.25) is 9.79 Å². The Morgan fingerprint density at radius 2 is 2.00 bits per heavy atom. The fourth-order valence-corrected chi connectivity index (χ4v) is 2.20. The van der Waals surface area contributed by atoms with E-state index >= 15 is 0 Å². The molecule has 1 heterocycles. The maximum atomic E-state index is 11.9. The van der Waals surface area contributed by atoms with Crippen LogP contribution in [-0.4, -0.2) is 30.5 Å². The monoisotopic (exact) mass is 341 g/mol. The molecule has 7 nitrogen and oxygen atoms in total. The van der Waals surface area contributed by atoms with Crippen LogP contribution in [0.3, 0.4) is 0 Å². The number of rotatable bonds is 7. The normalized spacial score (nSPS) is 11.2. The first kappa shape index (κ1) is 18.4. The number of aliphatic imine (C=N–C) groups is 1. The van der Waals surface area contributed by atoms with Crippen LogP contribution in [0.4, 0.5) is 11.5 Å². The number of carbonyl (C=O) groups is 1. The van der Waals surface area contributed by atoms with Crippen LogP contribution in [0.1, 0.15) is 17.7 Å². The largest absolute Gasteiger partial charge is 0.380 e. The van der Waals surface area contributed by atoms with Crippen LogP contribution in [0.5, 0.6) is 0 Å². The Balaban J connectivity index is 1.84. The first-order chi connectivity index (χ1) is 12.1. The van der Waals surface area contributed by atoms with Crippen molar-refractivity contribution in [3.63, 3.8) is 0 Å². The van der Waals surface area contributed by atoms with Crippen LogP contribution in [0.25, 0.3) is 0 Å². The van der Waals surface area contributed by atoms with E-state index in [1.807, 2.05) is 43.3 Å². The maximum absolute atomic E-state index is 11.9. The highest BCUT2D eigenvalue weighted by Crippen LogP contribution is 2.15. The lowest BCUT2D eigenvalue weighted by molar-refractivity contribution is -0.116. The number of aryl methyl sites for hydroxylation is 1. The van der Waals surface area contributed by atoms with Crippen LogP contribution >= 0.6 is 0 Å². The maximum Gasteiger partial charge on any atom is 0.227 e. The molecule has 2 rings (SSSR count). The minimum absolute atomic E-state index is 0.158. The van der Waals surface area contributed by atoms with Gasteiger partial charge in [0.2, 0.25) is 5.91 Å². The molecule has 0 unspecified atom stereocenters. The van der Waals surface area contributed by atoms with Crippen molar-refractivity contribution in [2.45, 2.75) is 20.0 Å². The second-order valence-corrected chi connectivity index (χ2v) is 5.44. The third kappa shape index (κ3) is 6.23. The fraction of sp³-hybridized carbons (Fsp3) is 0.278. The molecule has 7 heteroatoms. The molecule has 0 aliphatic heterocycles. The molecule has 0 radical (unpaired) electrons. The van der Waals surface area contributed by atoms with Gasteiger partial charge in [-0.2, -0.15) is 0 Å². The summed E-state index contributed by atoms with van der Waals surface area (Å²) in [5.41, 5.74) is 8.54. The minimum atomic E-state index is -0.158. The molecule has 0 saturated carbocycles. The van der Waals surface area contributed by atoms with Crippen molar-refractivity contribution in [3.05, 3.63) is 53.7 Å². The molecule has 1 aromatic carbocycles. The first-order valence-corrected chi connectivity index (χ1v) is 7.96. The number of methoxy groups -OCH3 is 1. The average molecular weight is 341 g/mol. The fourth-order valence-electron chi connectivity index (χ4n) is 2.20. The van der Waals surface area contributed by atoms with Crippen molar-refractivity contribution in [1.82, 2.24) is 4.98 Å². The van der Waals surface area contributed by atoms with E-state index in [9.17, 15) is 4.79 Å². The smallest absolute Gasteiger partial charge is 0.227 e. The highest BCUT2D eigenvalue weighted by atomic mass is 16.5. The predicted octanol–water partition coefficient (Wildman–Crippen LogP) is 2.29. The SMILES string of the molecule is COCc1ccccc1NC(N)=NCCC(=O)Nc1cccc(C)n1. The topological polar surface area (TPSA) is 102 Å². The van der Waals surface area contributed by atoms with Crippen molar-refractivity contribution in [3.8, 4) is 0 Å². The summed E-state index contributed by atoms with van der Waals surface area (Å²) in [6.45, 7) is 2.62. The van der Waals surface area contributed by atoms with Gasteiger partial charge in [0.15, 0.2) is 5.96 Å². The number of carbonyl (C=O) groups excluding carboxylic acids is 1. The first-order valence-electron chi connectivity index (χ1n) is 7.96. The second-order valence-electron chi connectivity index (χ2n) is 5.44. The quantitative estimate of drug-likeness (QED) is 0.530. The number of para-hydroxylation sites is 1. The Bertz CT molecular complexity index is 746. The average Bonchev–Trinajstić information content (AvgIpc) is 2.57. The van der Waals surface area contributed by atoms with Crippen LogP contribution in [-0.2, 0) is 16.1 Å². The van der Waals surface area contributed by atoms with Crippen molar-refractivity contribution >= 4 is 23.4 Å². The van der Waals surface area contributed by atoms with E-state index in [1.165, 1.54) is 0 Å². The van der Waals surface area contributed by atoms with Crippen molar-refractivity contribution in [2.24, 2.45) is 10.7 Å². The molecule has 0 atom stereocenters. The molecule has 4 N–H and O–H groups in total. The Kier molecular flexibility index (Phi) is 6.91. The van der Waals surface area contributed by atoms with Gasteiger partial charge in [0.25, 0.3) is 0 Å². The van der Waals surface area contributed by atoms with E-state index in [2.05, 4.69) is 20.6 Å². The van der Waals surface area contributed by atoms with Gasteiger partial charge in [0, 0.05) is 30.5 Å². The highest BCUT2D eigenvalue weighted by molar-refractivity contribution is 5.93. The van der Waals surface area contributed by atoms with E-state index in [0.717, 1.165) is 16.9 Å². The number of nitrogens with one attached hydrogen (secondary N) is 2. The number of anilines is 2. The van der Waals surface area contributed by atoms with Crippen molar-refractivity contribution in [1.29, 1.82) is 0 Å². The van der Waals surface area contributed by atoms with Gasteiger partial charge in [-0.15, -0.1) is 0 Å². The zero-order valence-corrected chi connectivity index (χ0v) is 14.5. The number of ether oxygens (including phenoxy) is 1. The summed E-state index contributed by atoms with van der Waals surface area (Å²) in [4.78, 5) is 20.3. The summed E-state index contributed by atoms with van der Waals surface area (Å²) in [6.07, 6.45) is 0.220. The van der Waals surface area contributed by atoms with E-state index in [4.69, 9.17) is 10.5 Å². The lowest BCUT2D eigenvalue weighted by atomic mass is 10.2. The van der Waals surface area contributed by atoms with E-state index < -0.39 is 0 Å². The van der Waals surface area contributed by atoms with Crippen LogP contribution in [0.2, 0.25) is 0 Å². The molecule has 25 heavy (non-hydrogen) atoms. The Labute approximate surface area is 147 Å². The molecule has 2 aromatic rings. The predicted molar refractivity (Wildman–Crippen MR) is 99.5 cm³/mol. The summed E-state index contributed by atoms with van der Waals surface area (Å²) in [5, 5.41) is 5.76. The zero-order chi connectivity index (χ0) is 18.1. The number of guanidine groups is 1. The van der Waals surface area contributed by atoms with Gasteiger partial charge >= 0.3 is 0 Å². The summed E-state index contributed by atoms with van der Waals surface area (Å²) in [5.74, 6) is 0.632. The molecule has 0 spiro atoms. The summed E-state index contributed by atoms with van der Waals surface area (Å²) >= 11 is 0. The molecule has 0 aliphatic rings. The molecule has 0 fully saturated rings. The van der Waals surface area contributed by atoms with E-state index in [-0.39, 0.29) is 24.8 Å². The summed E-state index contributed by atoms with van der Waals surface area (Å²) in [7, 11) is 1.63. The van der Waals surface area contributed by atoms with E-state index in [1.54, 1.807) is 13.2 Å². The van der Waals surface area contributed by atoms with Gasteiger partial charge in [0.1, 0.15) is 5.82 Å². The number of nitrogens with two attached hydrogens (primary N) is 1. The van der Waals surface area contributed by atoms with E-state index in [0.29, 0.717) is 12.4 Å². The molecule has 0 saturated heterocycles. The van der Waals surface area contributed by atoms with Gasteiger partial charge < -0.3 is 21.1 Å². The third-order valence-electron chi connectivity index (χ3n) is 3.36. The molecular formula is C18H23N5O2. The van der Waals surface area contributed by atoms with Gasteiger partial charge in [-0.1, -0.05) is 24.3 Å². The summed E-state index contributed by atoms with van der Waals surface area (Å²) in [6, 6.07) is 13.1. The number of pyridine rings is 1. The minimum Gasteiger partial charge on any atom is -0.380 e. The Hall–Kier alpha value is -2.93. The molecule has 0 bridgehead atoms. The standard InChI is InChI=1S/C18H23N5O2/c1-13-6-5-9-16(21-13)23-17(24)10-11-20-18(19)22-15-8-4-3-7-14(15)12-25-2/h3-9H,10-12H2,1-2H3,(H3,19,20,22)(H,21,23,24). The highest BCUT2D eigenvalue weighted by Gasteiger charge is 2.05. The van der Waals surface area contributed by atoms with Gasteiger partial charge in [-0.05, 0) is 25.1 Å². The third-order valence-corrected chi connectivity index (χ3v) is 3.36. The lowest BCUT2D eigenvalue weighted by Gasteiger charge is -2.10. The van der Waals surface area contributed by atoms with Crippen molar-refractivity contribution in [2.75, 3.05) is 24.3 Å². The number of amides is 1. The molecule has 132 valence electrons.